The van der Waals surface area contributed by atoms with Gasteiger partial charge in [-0.15, -0.1) is 0 Å². The number of hydrogen-bond donors (Lipinski definition) is 2. The maximum atomic E-state index is 12.2. The van der Waals surface area contributed by atoms with Crippen molar-refractivity contribution in [2.45, 2.75) is 13.1 Å². The third kappa shape index (κ3) is 6.10. The van der Waals surface area contributed by atoms with Gasteiger partial charge >= 0.3 is 6.03 Å². The fourth-order valence-corrected chi connectivity index (χ4v) is 3.65. The monoisotopic (exact) mass is 420 g/mol. The zero-order valence-electron chi connectivity index (χ0n) is 17.7. The average molecular weight is 421 g/mol. The summed E-state index contributed by atoms with van der Waals surface area (Å²) >= 11 is 0. The first-order valence-corrected chi connectivity index (χ1v) is 10.5. The number of rotatable bonds is 7. The third-order valence-electron chi connectivity index (χ3n) is 5.39. The number of amides is 2. The predicted octanol–water partition coefficient (Wildman–Crippen LogP) is 4.25. The van der Waals surface area contributed by atoms with E-state index in [0.717, 1.165) is 56.5 Å². The van der Waals surface area contributed by atoms with Crippen LogP contribution in [-0.2, 0) is 13.1 Å². The van der Waals surface area contributed by atoms with Gasteiger partial charge < -0.3 is 19.8 Å². The van der Waals surface area contributed by atoms with Crippen molar-refractivity contribution in [2.24, 2.45) is 0 Å². The maximum absolute atomic E-state index is 12.2. The van der Waals surface area contributed by atoms with Crippen LogP contribution in [0.4, 0.5) is 16.2 Å². The van der Waals surface area contributed by atoms with Gasteiger partial charge in [0.25, 0.3) is 0 Å². The minimum absolute atomic E-state index is 0.273. The van der Waals surface area contributed by atoms with Crippen molar-refractivity contribution < 1.29 is 13.9 Å². The quantitative estimate of drug-likeness (QED) is 0.598. The van der Waals surface area contributed by atoms with Crippen molar-refractivity contribution >= 4 is 17.4 Å². The Morgan fingerprint density at radius 1 is 0.871 bits per heavy atom. The van der Waals surface area contributed by atoms with Crippen molar-refractivity contribution in [3.63, 3.8) is 0 Å². The Balaban J connectivity index is 1.21. The Morgan fingerprint density at radius 3 is 2.00 bits per heavy atom. The van der Waals surface area contributed by atoms with E-state index in [1.807, 2.05) is 24.3 Å². The zero-order chi connectivity index (χ0) is 21.5. The summed E-state index contributed by atoms with van der Waals surface area (Å²) in [6, 6.07) is 18.9. The van der Waals surface area contributed by atoms with E-state index in [0.29, 0.717) is 5.69 Å². The van der Waals surface area contributed by atoms with Gasteiger partial charge in [-0.25, -0.2) is 4.79 Å². The minimum atomic E-state index is -0.273. The Hall–Kier alpha value is -3.29. The zero-order valence-corrected chi connectivity index (χ0v) is 17.7. The molecule has 0 aliphatic carbocycles. The van der Waals surface area contributed by atoms with Crippen LogP contribution in [-0.4, -0.2) is 49.1 Å². The van der Waals surface area contributed by atoms with E-state index in [1.165, 1.54) is 5.56 Å². The number of carbonyl (C=O) groups is 1. The number of benzene rings is 2. The van der Waals surface area contributed by atoms with E-state index in [4.69, 9.17) is 9.15 Å². The molecule has 1 aromatic heterocycles. The lowest BCUT2D eigenvalue weighted by molar-refractivity contribution is 0.116. The van der Waals surface area contributed by atoms with Gasteiger partial charge in [0.15, 0.2) is 0 Å². The fourth-order valence-electron chi connectivity index (χ4n) is 3.65. The lowest BCUT2D eigenvalue weighted by Crippen LogP contribution is -2.45. The Bertz CT molecular complexity index is 948. The molecule has 0 spiro atoms. The average Bonchev–Trinajstić information content (AvgIpc) is 3.30. The highest BCUT2D eigenvalue weighted by molar-refractivity contribution is 5.99. The topological polar surface area (TPSA) is 70.0 Å². The molecule has 4 rings (SSSR count). The highest BCUT2D eigenvalue weighted by Gasteiger charge is 2.17. The first-order valence-electron chi connectivity index (χ1n) is 10.5. The fraction of sp³-hybridized carbons (Fsp3) is 0.292. The van der Waals surface area contributed by atoms with Gasteiger partial charge in [-0.1, -0.05) is 12.1 Å². The first kappa shape index (κ1) is 21.0. The van der Waals surface area contributed by atoms with E-state index >= 15 is 0 Å². The lowest BCUT2D eigenvalue weighted by Gasteiger charge is -2.34. The molecule has 2 aromatic carbocycles. The summed E-state index contributed by atoms with van der Waals surface area (Å²) in [6.45, 7) is 5.92. The number of ether oxygens (including phenoxy) is 1. The molecule has 1 aliphatic heterocycles. The van der Waals surface area contributed by atoms with Crippen molar-refractivity contribution in [3.8, 4) is 5.75 Å². The molecule has 0 radical (unpaired) electrons. The summed E-state index contributed by atoms with van der Waals surface area (Å²) in [5, 5.41) is 5.68. The van der Waals surface area contributed by atoms with Crippen LogP contribution >= 0.6 is 0 Å². The summed E-state index contributed by atoms with van der Waals surface area (Å²) in [6.07, 6.45) is 1.73. The number of piperazine rings is 1. The molecular weight excluding hydrogens is 392 g/mol. The van der Waals surface area contributed by atoms with Gasteiger partial charge in [0.05, 0.1) is 19.9 Å². The minimum Gasteiger partial charge on any atom is -0.497 e. The second-order valence-corrected chi connectivity index (χ2v) is 7.64. The summed E-state index contributed by atoms with van der Waals surface area (Å²) in [5.41, 5.74) is 2.71. The number of furan rings is 1. The van der Waals surface area contributed by atoms with Crippen LogP contribution in [0.15, 0.2) is 71.3 Å². The third-order valence-corrected chi connectivity index (χ3v) is 5.39. The number of nitrogens with zero attached hydrogens (tertiary/aromatic N) is 2. The van der Waals surface area contributed by atoms with Crippen LogP contribution in [0.1, 0.15) is 11.3 Å². The molecule has 31 heavy (non-hydrogen) atoms. The molecule has 162 valence electrons. The van der Waals surface area contributed by atoms with Crippen LogP contribution in [0, 0.1) is 0 Å². The number of methoxy groups -OCH3 is 1. The van der Waals surface area contributed by atoms with E-state index in [9.17, 15) is 4.79 Å². The normalized spacial score (nSPS) is 14.9. The summed E-state index contributed by atoms with van der Waals surface area (Å²) in [5.74, 6) is 1.77. The number of anilines is 2. The lowest BCUT2D eigenvalue weighted by atomic mass is 10.1. The van der Waals surface area contributed by atoms with Crippen molar-refractivity contribution in [3.05, 3.63) is 78.3 Å². The molecule has 0 unspecified atom stereocenters. The van der Waals surface area contributed by atoms with E-state index in [2.05, 4.69) is 32.6 Å². The largest absolute Gasteiger partial charge is 0.497 e. The highest BCUT2D eigenvalue weighted by Crippen LogP contribution is 2.17. The van der Waals surface area contributed by atoms with Crippen LogP contribution in [0.25, 0.3) is 0 Å². The molecule has 0 saturated carbocycles. The van der Waals surface area contributed by atoms with Gasteiger partial charge in [0, 0.05) is 44.1 Å². The number of hydrogen-bond acceptors (Lipinski definition) is 5. The first-order chi connectivity index (χ1) is 15.2. The highest BCUT2D eigenvalue weighted by atomic mass is 16.5. The molecule has 7 nitrogen and oxygen atoms in total. The number of carbonyl (C=O) groups excluding carboxylic acids is 1. The van der Waals surface area contributed by atoms with Gasteiger partial charge in [0.1, 0.15) is 11.5 Å². The maximum Gasteiger partial charge on any atom is 0.323 e. The van der Waals surface area contributed by atoms with Crippen molar-refractivity contribution in [1.29, 1.82) is 0 Å². The second-order valence-electron chi connectivity index (χ2n) is 7.64. The summed E-state index contributed by atoms with van der Waals surface area (Å²) in [7, 11) is 1.61. The molecule has 2 N–H and O–H groups in total. The molecular formula is C24H28N4O3. The molecule has 2 amide bonds. The Kier molecular flexibility index (Phi) is 6.86. The van der Waals surface area contributed by atoms with Crippen LogP contribution in [0.3, 0.4) is 0 Å². The summed E-state index contributed by atoms with van der Waals surface area (Å²) in [4.78, 5) is 17.1. The predicted molar refractivity (Wildman–Crippen MR) is 121 cm³/mol. The molecule has 1 aliphatic rings. The van der Waals surface area contributed by atoms with Crippen LogP contribution < -0.4 is 15.4 Å². The Labute approximate surface area is 182 Å². The van der Waals surface area contributed by atoms with Gasteiger partial charge in [0.2, 0.25) is 0 Å². The van der Waals surface area contributed by atoms with Crippen LogP contribution in [0.2, 0.25) is 0 Å². The molecule has 2 heterocycles. The Morgan fingerprint density at radius 2 is 1.45 bits per heavy atom. The number of urea groups is 1. The summed E-state index contributed by atoms with van der Waals surface area (Å²) < 4.78 is 10.6. The second kappa shape index (κ2) is 10.1. The molecule has 1 fully saturated rings. The van der Waals surface area contributed by atoms with E-state index in [-0.39, 0.29) is 6.03 Å². The van der Waals surface area contributed by atoms with E-state index < -0.39 is 0 Å². The molecule has 3 aromatic rings. The van der Waals surface area contributed by atoms with Gasteiger partial charge in [-0.2, -0.15) is 0 Å². The van der Waals surface area contributed by atoms with E-state index in [1.54, 1.807) is 37.6 Å². The molecule has 0 atom stereocenters. The van der Waals surface area contributed by atoms with Gasteiger partial charge in [-0.3, -0.25) is 9.80 Å². The number of nitrogens with one attached hydrogen (secondary N) is 2. The van der Waals surface area contributed by atoms with Crippen molar-refractivity contribution in [2.75, 3.05) is 43.9 Å². The standard InChI is InChI=1S/C24H28N4O3/c1-30-22-10-8-21(9-11-22)26-24(29)25-20-6-4-19(5-7-20)17-27-12-14-28(15-13-27)18-23-3-2-16-31-23/h2-11,16H,12-15,17-18H2,1H3,(H2,25,26,29). The SMILES string of the molecule is COc1ccc(NC(=O)Nc2ccc(CN3CCN(Cc4ccco4)CC3)cc2)cc1. The van der Waals surface area contributed by atoms with Crippen molar-refractivity contribution in [1.82, 2.24) is 9.80 Å². The molecule has 7 heteroatoms. The molecule has 0 bridgehead atoms. The smallest absolute Gasteiger partial charge is 0.323 e. The molecule has 1 saturated heterocycles. The van der Waals surface area contributed by atoms with Gasteiger partial charge in [-0.05, 0) is 54.1 Å². The van der Waals surface area contributed by atoms with Crippen LogP contribution in [0.5, 0.6) is 5.75 Å².